The number of alkyl halides is 2. The zero-order valence-corrected chi connectivity index (χ0v) is 8.28. The van der Waals surface area contributed by atoms with Crippen LogP contribution in [-0.2, 0) is 0 Å². The largest absolute Gasteiger partial charge is 0.317 e. The molecule has 1 fully saturated rings. The van der Waals surface area contributed by atoms with Gasteiger partial charge < -0.3 is 5.32 Å². The molecule has 78 valence electrons. The van der Waals surface area contributed by atoms with E-state index < -0.39 is 5.92 Å². The smallest absolute Gasteiger partial charge is 0.248 e. The lowest BCUT2D eigenvalue weighted by atomic mass is 9.90. The Kier molecular flexibility index (Phi) is 4.10. The SMILES string of the molecule is CCCC(F)(F)CC1CCNCC1. The van der Waals surface area contributed by atoms with Crippen molar-refractivity contribution in [2.24, 2.45) is 5.92 Å². The Balaban J connectivity index is 2.28. The molecule has 1 aliphatic rings. The van der Waals surface area contributed by atoms with Crippen molar-refractivity contribution in [2.45, 2.75) is 45.0 Å². The first kappa shape index (κ1) is 10.9. The number of rotatable bonds is 4. The zero-order valence-electron chi connectivity index (χ0n) is 8.28. The first-order chi connectivity index (χ1) is 6.14. The molecule has 0 aliphatic carbocycles. The molecule has 1 saturated heterocycles. The molecule has 1 rings (SSSR count). The molecule has 1 heterocycles. The third kappa shape index (κ3) is 4.03. The van der Waals surface area contributed by atoms with Gasteiger partial charge in [0.25, 0.3) is 0 Å². The first-order valence-corrected chi connectivity index (χ1v) is 5.22. The predicted octanol–water partition coefficient (Wildman–Crippen LogP) is 2.81. The summed E-state index contributed by atoms with van der Waals surface area (Å²) in [5, 5.41) is 3.19. The van der Waals surface area contributed by atoms with Gasteiger partial charge in [-0.3, -0.25) is 0 Å². The van der Waals surface area contributed by atoms with Crippen molar-refractivity contribution >= 4 is 0 Å². The molecule has 0 atom stereocenters. The van der Waals surface area contributed by atoms with Gasteiger partial charge in [0.1, 0.15) is 0 Å². The maximum atomic E-state index is 13.2. The van der Waals surface area contributed by atoms with Gasteiger partial charge in [-0.15, -0.1) is 0 Å². The Morgan fingerprint density at radius 2 is 1.92 bits per heavy atom. The van der Waals surface area contributed by atoms with Crippen LogP contribution in [0.4, 0.5) is 8.78 Å². The van der Waals surface area contributed by atoms with Crippen molar-refractivity contribution < 1.29 is 8.78 Å². The van der Waals surface area contributed by atoms with E-state index in [2.05, 4.69) is 5.32 Å². The summed E-state index contributed by atoms with van der Waals surface area (Å²) in [4.78, 5) is 0. The van der Waals surface area contributed by atoms with Crippen LogP contribution >= 0.6 is 0 Å². The van der Waals surface area contributed by atoms with E-state index in [0.717, 1.165) is 25.9 Å². The van der Waals surface area contributed by atoms with Gasteiger partial charge >= 0.3 is 0 Å². The molecule has 0 radical (unpaired) electrons. The van der Waals surface area contributed by atoms with Gasteiger partial charge in [-0.1, -0.05) is 13.3 Å². The summed E-state index contributed by atoms with van der Waals surface area (Å²) in [5.74, 6) is -2.18. The second-order valence-electron chi connectivity index (χ2n) is 4.00. The van der Waals surface area contributed by atoms with E-state index in [1.165, 1.54) is 0 Å². The van der Waals surface area contributed by atoms with Gasteiger partial charge in [-0.25, -0.2) is 8.78 Å². The lowest BCUT2D eigenvalue weighted by Gasteiger charge is -2.26. The van der Waals surface area contributed by atoms with Gasteiger partial charge in [-0.05, 0) is 31.8 Å². The highest BCUT2D eigenvalue weighted by molar-refractivity contribution is 4.75. The molecule has 1 N–H and O–H groups in total. The average molecular weight is 191 g/mol. The Morgan fingerprint density at radius 3 is 2.46 bits per heavy atom. The summed E-state index contributed by atoms with van der Waals surface area (Å²) in [5.41, 5.74) is 0. The summed E-state index contributed by atoms with van der Waals surface area (Å²) in [7, 11) is 0. The van der Waals surface area contributed by atoms with E-state index >= 15 is 0 Å². The number of halogens is 2. The van der Waals surface area contributed by atoms with Crippen LogP contribution in [-0.4, -0.2) is 19.0 Å². The number of nitrogens with one attached hydrogen (secondary N) is 1. The predicted molar refractivity (Wildman–Crippen MR) is 50.1 cm³/mol. The van der Waals surface area contributed by atoms with Crippen LogP contribution in [0.2, 0.25) is 0 Å². The monoisotopic (exact) mass is 191 g/mol. The molecule has 0 bridgehead atoms. The molecule has 0 aromatic rings. The fraction of sp³-hybridized carbons (Fsp3) is 1.00. The minimum atomic E-state index is -2.42. The molecular formula is C10H19F2N. The summed E-state index contributed by atoms with van der Waals surface area (Å²) >= 11 is 0. The molecular weight excluding hydrogens is 172 g/mol. The van der Waals surface area contributed by atoms with Gasteiger partial charge in [0, 0.05) is 12.8 Å². The molecule has 0 spiro atoms. The lowest BCUT2D eigenvalue weighted by Crippen LogP contribution is -2.31. The zero-order chi connectivity index (χ0) is 9.73. The summed E-state index contributed by atoms with van der Waals surface area (Å²) in [6.45, 7) is 3.63. The van der Waals surface area contributed by atoms with Crippen LogP contribution in [0.3, 0.4) is 0 Å². The van der Waals surface area contributed by atoms with Crippen molar-refractivity contribution in [3.8, 4) is 0 Å². The molecule has 13 heavy (non-hydrogen) atoms. The van der Waals surface area contributed by atoms with Crippen LogP contribution < -0.4 is 5.32 Å². The van der Waals surface area contributed by atoms with Crippen molar-refractivity contribution in [1.29, 1.82) is 0 Å². The minimum absolute atomic E-state index is 0.0525. The maximum absolute atomic E-state index is 13.2. The number of hydrogen-bond donors (Lipinski definition) is 1. The molecule has 3 heteroatoms. The highest BCUT2D eigenvalue weighted by atomic mass is 19.3. The van der Waals surface area contributed by atoms with Crippen molar-refractivity contribution in [3.63, 3.8) is 0 Å². The van der Waals surface area contributed by atoms with E-state index in [4.69, 9.17) is 0 Å². The van der Waals surface area contributed by atoms with Crippen LogP contribution in [0.25, 0.3) is 0 Å². The highest BCUT2D eigenvalue weighted by Crippen LogP contribution is 2.31. The van der Waals surface area contributed by atoms with E-state index in [1.54, 1.807) is 0 Å². The van der Waals surface area contributed by atoms with Crippen molar-refractivity contribution in [3.05, 3.63) is 0 Å². The standard InChI is InChI=1S/C10H19F2N/c1-2-5-10(11,12)8-9-3-6-13-7-4-9/h9,13H,2-8H2,1H3. The van der Waals surface area contributed by atoms with Crippen LogP contribution in [0.1, 0.15) is 39.0 Å². The fourth-order valence-electron chi connectivity index (χ4n) is 1.98. The van der Waals surface area contributed by atoms with Gasteiger partial charge in [0.2, 0.25) is 5.92 Å². The maximum Gasteiger partial charge on any atom is 0.248 e. The topological polar surface area (TPSA) is 12.0 Å². The van der Waals surface area contributed by atoms with Crippen LogP contribution in [0.5, 0.6) is 0 Å². The lowest BCUT2D eigenvalue weighted by molar-refractivity contribution is -0.0347. The molecule has 1 aliphatic heterocycles. The van der Waals surface area contributed by atoms with E-state index in [-0.39, 0.29) is 18.8 Å². The molecule has 0 aromatic carbocycles. The van der Waals surface area contributed by atoms with E-state index in [0.29, 0.717) is 6.42 Å². The van der Waals surface area contributed by atoms with Gasteiger partial charge in [0.05, 0.1) is 0 Å². The summed E-state index contributed by atoms with van der Waals surface area (Å²) in [6, 6.07) is 0. The quantitative estimate of drug-likeness (QED) is 0.720. The van der Waals surface area contributed by atoms with Crippen LogP contribution in [0, 0.1) is 5.92 Å². The first-order valence-electron chi connectivity index (χ1n) is 5.22. The average Bonchev–Trinajstić information content (AvgIpc) is 2.04. The van der Waals surface area contributed by atoms with Crippen molar-refractivity contribution in [1.82, 2.24) is 5.32 Å². The number of hydrogen-bond acceptors (Lipinski definition) is 1. The Labute approximate surface area is 78.9 Å². The normalized spacial score (nSPS) is 20.5. The third-order valence-corrected chi connectivity index (χ3v) is 2.66. The second-order valence-corrected chi connectivity index (χ2v) is 4.00. The fourth-order valence-corrected chi connectivity index (χ4v) is 1.98. The molecule has 0 amide bonds. The van der Waals surface area contributed by atoms with Gasteiger partial charge in [0.15, 0.2) is 0 Å². The summed E-state index contributed by atoms with van der Waals surface area (Å²) in [6.07, 6.45) is 2.57. The van der Waals surface area contributed by atoms with E-state index in [9.17, 15) is 8.78 Å². The Morgan fingerprint density at radius 1 is 1.31 bits per heavy atom. The van der Waals surface area contributed by atoms with E-state index in [1.807, 2.05) is 6.92 Å². The minimum Gasteiger partial charge on any atom is -0.317 e. The third-order valence-electron chi connectivity index (χ3n) is 2.66. The molecule has 0 aromatic heterocycles. The number of piperidine rings is 1. The highest BCUT2D eigenvalue weighted by Gasteiger charge is 2.31. The Hall–Kier alpha value is -0.180. The molecule has 1 nitrogen and oxygen atoms in total. The van der Waals surface area contributed by atoms with Crippen LogP contribution in [0.15, 0.2) is 0 Å². The molecule has 0 saturated carbocycles. The van der Waals surface area contributed by atoms with Gasteiger partial charge in [-0.2, -0.15) is 0 Å². The Bertz CT molecular complexity index is 142. The summed E-state index contributed by atoms with van der Waals surface area (Å²) < 4.78 is 26.4. The molecule has 0 unspecified atom stereocenters. The second kappa shape index (κ2) is 4.89. The van der Waals surface area contributed by atoms with Crippen molar-refractivity contribution in [2.75, 3.05) is 13.1 Å².